The highest BCUT2D eigenvalue weighted by atomic mass is 32.1. The number of anilines is 3. The highest BCUT2D eigenvalue weighted by molar-refractivity contribution is 7.26. The molecule has 0 saturated carbocycles. The molecule has 11 rings (SSSR count). The van der Waals surface area contributed by atoms with E-state index >= 15 is 0 Å². The zero-order valence-corrected chi connectivity index (χ0v) is 29.5. The van der Waals surface area contributed by atoms with E-state index in [2.05, 4.69) is 193 Å². The van der Waals surface area contributed by atoms with Crippen LogP contribution >= 0.6 is 11.3 Å². The zero-order chi connectivity index (χ0) is 34.9. The standard InChI is InChI=1S/C50H31NOS/c1-2-11-32(12-3-1)36-15-8-16-38(31-36)51(44-22-10-20-42-47-39-17-6-4-13-33(39)25-29-45(47)52-49(42)44)37-27-23-35(24-28-37)41-19-9-21-43-48-40-18-7-5-14-34(40)26-30-46(48)53-50(41)43/h1-31H. The van der Waals surface area contributed by atoms with Gasteiger partial charge in [0.2, 0.25) is 0 Å². The number of hydrogen-bond donors (Lipinski definition) is 0. The fraction of sp³-hybridized carbons (Fsp3) is 0. The van der Waals surface area contributed by atoms with Crippen molar-refractivity contribution in [3.8, 4) is 22.3 Å². The van der Waals surface area contributed by atoms with Crippen LogP contribution in [-0.2, 0) is 0 Å². The second-order valence-corrected chi connectivity index (χ2v) is 14.7. The van der Waals surface area contributed by atoms with E-state index in [4.69, 9.17) is 4.42 Å². The van der Waals surface area contributed by atoms with Crippen LogP contribution in [0.5, 0.6) is 0 Å². The van der Waals surface area contributed by atoms with Gasteiger partial charge in [-0.05, 0) is 86.3 Å². The van der Waals surface area contributed by atoms with Gasteiger partial charge in [-0.1, -0.05) is 146 Å². The van der Waals surface area contributed by atoms with Crippen LogP contribution in [0.2, 0.25) is 0 Å². The maximum atomic E-state index is 6.79. The van der Waals surface area contributed by atoms with Crippen LogP contribution in [0.15, 0.2) is 192 Å². The normalized spacial score (nSPS) is 11.8. The van der Waals surface area contributed by atoms with Crippen molar-refractivity contribution >= 4 is 92.1 Å². The van der Waals surface area contributed by atoms with Gasteiger partial charge >= 0.3 is 0 Å². The second-order valence-electron chi connectivity index (χ2n) is 13.7. The summed E-state index contributed by atoms with van der Waals surface area (Å²) in [5, 5.41) is 9.91. The molecule has 2 aromatic heterocycles. The van der Waals surface area contributed by atoms with Crippen molar-refractivity contribution in [1.29, 1.82) is 0 Å². The molecule has 11 aromatic rings. The molecule has 0 bridgehead atoms. The van der Waals surface area contributed by atoms with Crippen molar-refractivity contribution in [3.05, 3.63) is 188 Å². The highest BCUT2D eigenvalue weighted by Gasteiger charge is 2.21. The van der Waals surface area contributed by atoms with E-state index in [1.165, 1.54) is 58.4 Å². The molecule has 0 radical (unpaired) electrons. The van der Waals surface area contributed by atoms with Gasteiger partial charge in [0.15, 0.2) is 5.58 Å². The smallest absolute Gasteiger partial charge is 0.159 e. The monoisotopic (exact) mass is 693 g/mol. The third-order valence-electron chi connectivity index (χ3n) is 10.6. The van der Waals surface area contributed by atoms with Crippen molar-refractivity contribution in [2.75, 3.05) is 4.90 Å². The molecule has 0 atom stereocenters. The number of nitrogens with zero attached hydrogens (tertiary/aromatic N) is 1. The van der Waals surface area contributed by atoms with Gasteiger partial charge in [-0.2, -0.15) is 0 Å². The first-order valence-corrected chi connectivity index (χ1v) is 18.8. The molecule has 0 N–H and O–H groups in total. The predicted molar refractivity (Wildman–Crippen MR) is 227 cm³/mol. The Labute approximate surface area is 310 Å². The summed E-state index contributed by atoms with van der Waals surface area (Å²) in [6.07, 6.45) is 0. The van der Waals surface area contributed by atoms with Crippen molar-refractivity contribution in [1.82, 2.24) is 0 Å². The van der Waals surface area contributed by atoms with Crippen molar-refractivity contribution in [2.24, 2.45) is 0 Å². The summed E-state index contributed by atoms with van der Waals surface area (Å²) < 4.78 is 9.43. The molecule has 3 heteroatoms. The van der Waals surface area contributed by atoms with E-state index in [0.717, 1.165) is 44.6 Å². The molecule has 0 amide bonds. The summed E-state index contributed by atoms with van der Waals surface area (Å²) >= 11 is 1.88. The van der Waals surface area contributed by atoms with Crippen molar-refractivity contribution in [2.45, 2.75) is 0 Å². The third-order valence-corrected chi connectivity index (χ3v) is 11.8. The molecule has 0 fully saturated rings. The Morgan fingerprint density at radius 3 is 1.91 bits per heavy atom. The Hall–Kier alpha value is -6.68. The average Bonchev–Trinajstić information content (AvgIpc) is 3.82. The minimum Gasteiger partial charge on any atom is -0.454 e. The minimum absolute atomic E-state index is 0.871. The Morgan fingerprint density at radius 2 is 1.08 bits per heavy atom. The van der Waals surface area contributed by atoms with Crippen LogP contribution < -0.4 is 4.90 Å². The van der Waals surface area contributed by atoms with Crippen LogP contribution in [0.25, 0.3) is 85.9 Å². The van der Waals surface area contributed by atoms with Gasteiger partial charge in [-0.3, -0.25) is 0 Å². The van der Waals surface area contributed by atoms with Crippen LogP contribution in [0.3, 0.4) is 0 Å². The van der Waals surface area contributed by atoms with E-state index in [1.807, 2.05) is 11.3 Å². The first kappa shape index (κ1) is 30.0. The molecular formula is C50H31NOS. The number of fused-ring (bicyclic) bond motifs is 10. The number of rotatable bonds is 5. The summed E-state index contributed by atoms with van der Waals surface area (Å²) in [6, 6.07) is 67.8. The molecule has 53 heavy (non-hydrogen) atoms. The summed E-state index contributed by atoms with van der Waals surface area (Å²) in [5.41, 5.74) is 9.68. The lowest BCUT2D eigenvalue weighted by molar-refractivity contribution is 0.669. The lowest BCUT2D eigenvalue weighted by Crippen LogP contribution is -2.10. The molecule has 0 aliphatic rings. The van der Waals surface area contributed by atoms with Gasteiger partial charge in [-0.15, -0.1) is 11.3 Å². The van der Waals surface area contributed by atoms with Crippen LogP contribution in [0.1, 0.15) is 0 Å². The summed E-state index contributed by atoms with van der Waals surface area (Å²) in [7, 11) is 0. The Bertz CT molecular complexity index is 3170. The van der Waals surface area contributed by atoms with E-state index in [0.29, 0.717) is 0 Å². The fourth-order valence-electron chi connectivity index (χ4n) is 8.20. The van der Waals surface area contributed by atoms with Gasteiger partial charge in [0.1, 0.15) is 5.58 Å². The largest absolute Gasteiger partial charge is 0.454 e. The molecule has 2 nitrogen and oxygen atoms in total. The van der Waals surface area contributed by atoms with Crippen LogP contribution in [0.4, 0.5) is 17.1 Å². The number of thiophene rings is 1. The predicted octanol–water partition coefficient (Wildman–Crippen LogP) is 15.1. The highest BCUT2D eigenvalue weighted by Crippen LogP contribution is 2.46. The number of benzene rings is 9. The second kappa shape index (κ2) is 11.9. The molecule has 0 aliphatic carbocycles. The molecule has 2 heterocycles. The average molecular weight is 694 g/mol. The Kier molecular flexibility index (Phi) is 6.76. The lowest BCUT2D eigenvalue weighted by atomic mass is 9.99. The molecule has 9 aromatic carbocycles. The van der Waals surface area contributed by atoms with E-state index < -0.39 is 0 Å². The molecular weight excluding hydrogens is 663 g/mol. The van der Waals surface area contributed by atoms with Crippen LogP contribution in [-0.4, -0.2) is 0 Å². The molecule has 0 aliphatic heterocycles. The quantitative estimate of drug-likeness (QED) is 0.178. The van der Waals surface area contributed by atoms with E-state index in [-0.39, 0.29) is 0 Å². The Morgan fingerprint density at radius 1 is 0.415 bits per heavy atom. The lowest BCUT2D eigenvalue weighted by Gasteiger charge is -2.26. The third kappa shape index (κ3) is 4.78. The number of hydrogen-bond acceptors (Lipinski definition) is 3. The number of furan rings is 1. The Balaban J connectivity index is 1.10. The minimum atomic E-state index is 0.871. The molecule has 0 unspecified atom stereocenters. The van der Waals surface area contributed by atoms with Gasteiger partial charge in [0.05, 0.1) is 5.69 Å². The first-order chi connectivity index (χ1) is 26.3. The van der Waals surface area contributed by atoms with Crippen molar-refractivity contribution in [3.63, 3.8) is 0 Å². The van der Waals surface area contributed by atoms with E-state index in [1.54, 1.807) is 0 Å². The van der Waals surface area contributed by atoms with Crippen LogP contribution in [0, 0.1) is 0 Å². The maximum absolute atomic E-state index is 6.79. The van der Waals surface area contributed by atoms with Gasteiger partial charge in [0, 0.05) is 42.3 Å². The SMILES string of the molecule is c1ccc(-c2cccc(N(c3ccc(-c4cccc5c4sc4ccc6ccccc6c45)cc3)c3cccc4c3oc3ccc5ccccc5c34)c2)cc1. The summed E-state index contributed by atoms with van der Waals surface area (Å²) in [5.74, 6) is 0. The zero-order valence-electron chi connectivity index (χ0n) is 28.7. The van der Waals surface area contributed by atoms with Gasteiger partial charge in [0.25, 0.3) is 0 Å². The first-order valence-electron chi connectivity index (χ1n) is 18.0. The number of para-hydroxylation sites is 1. The molecule has 0 spiro atoms. The fourth-order valence-corrected chi connectivity index (χ4v) is 9.45. The summed E-state index contributed by atoms with van der Waals surface area (Å²) in [6.45, 7) is 0. The maximum Gasteiger partial charge on any atom is 0.159 e. The summed E-state index contributed by atoms with van der Waals surface area (Å²) in [4.78, 5) is 2.34. The van der Waals surface area contributed by atoms with Gasteiger partial charge < -0.3 is 9.32 Å². The topological polar surface area (TPSA) is 16.4 Å². The van der Waals surface area contributed by atoms with Crippen molar-refractivity contribution < 1.29 is 4.42 Å². The van der Waals surface area contributed by atoms with E-state index in [9.17, 15) is 0 Å². The molecule has 0 saturated heterocycles. The van der Waals surface area contributed by atoms with Gasteiger partial charge in [-0.25, -0.2) is 0 Å². The molecule has 248 valence electrons.